The molecule has 2 aliphatic heterocycles. The molecular formula is C13H21N3. The molecule has 16 heavy (non-hydrogen) atoms. The van der Waals surface area contributed by atoms with Crippen LogP contribution in [-0.2, 0) is 0 Å². The minimum absolute atomic E-state index is 0.372. The predicted molar refractivity (Wildman–Crippen MR) is 62.6 cm³/mol. The van der Waals surface area contributed by atoms with Crippen LogP contribution in [-0.4, -0.2) is 29.6 Å². The summed E-state index contributed by atoms with van der Waals surface area (Å²) in [4.78, 5) is 2.69. The number of rotatable bonds is 3. The van der Waals surface area contributed by atoms with Gasteiger partial charge in [0.1, 0.15) is 0 Å². The molecule has 2 heterocycles. The van der Waals surface area contributed by atoms with Gasteiger partial charge in [0.2, 0.25) is 0 Å². The van der Waals surface area contributed by atoms with Gasteiger partial charge in [-0.05, 0) is 43.9 Å². The van der Waals surface area contributed by atoms with Crippen molar-refractivity contribution in [3.8, 4) is 6.07 Å². The van der Waals surface area contributed by atoms with Crippen LogP contribution in [0.5, 0.6) is 0 Å². The summed E-state index contributed by atoms with van der Waals surface area (Å²) in [5.41, 5.74) is 6.45. The van der Waals surface area contributed by atoms with E-state index in [0.29, 0.717) is 11.5 Å². The Balaban J connectivity index is 1.66. The van der Waals surface area contributed by atoms with Gasteiger partial charge < -0.3 is 5.73 Å². The minimum atomic E-state index is 0.372. The largest absolute Gasteiger partial charge is 0.328 e. The third kappa shape index (κ3) is 1.74. The van der Waals surface area contributed by atoms with Gasteiger partial charge in [-0.1, -0.05) is 0 Å². The number of fused-ring (bicyclic) bond motifs is 2. The van der Waals surface area contributed by atoms with Crippen LogP contribution in [0.25, 0.3) is 0 Å². The molecular weight excluding hydrogens is 198 g/mol. The van der Waals surface area contributed by atoms with E-state index in [1.165, 1.54) is 45.1 Å². The summed E-state index contributed by atoms with van der Waals surface area (Å²) in [6, 6.07) is 4.25. The molecule has 0 aromatic rings. The second kappa shape index (κ2) is 3.72. The molecule has 3 aliphatic rings. The Morgan fingerprint density at radius 1 is 1.25 bits per heavy atom. The second-order valence-electron chi connectivity index (χ2n) is 6.12. The van der Waals surface area contributed by atoms with Crippen LogP contribution >= 0.6 is 0 Å². The smallest absolute Gasteiger partial charge is 0.0628 e. The molecule has 0 aromatic carbocycles. The van der Waals surface area contributed by atoms with Crippen LogP contribution in [0.1, 0.15) is 44.9 Å². The van der Waals surface area contributed by atoms with Gasteiger partial charge in [0.15, 0.2) is 0 Å². The molecule has 2 atom stereocenters. The molecule has 3 fully saturated rings. The van der Waals surface area contributed by atoms with E-state index in [1.807, 2.05) is 0 Å². The van der Waals surface area contributed by atoms with E-state index in [9.17, 15) is 0 Å². The molecule has 0 amide bonds. The average molecular weight is 219 g/mol. The monoisotopic (exact) mass is 219 g/mol. The Morgan fingerprint density at radius 3 is 2.38 bits per heavy atom. The molecule has 1 aliphatic carbocycles. The van der Waals surface area contributed by atoms with Crippen molar-refractivity contribution < 1.29 is 0 Å². The van der Waals surface area contributed by atoms with E-state index in [2.05, 4.69) is 11.0 Å². The lowest BCUT2D eigenvalue weighted by atomic mass is 9.94. The highest BCUT2D eigenvalue weighted by Crippen LogP contribution is 2.51. The third-order valence-corrected chi connectivity index (χ3v) is 4.85. The van der Waals surface area contributed by atoms with Gasteiger partial charge in [-0.25, -0.2) is 0 Å². The van der Waals surface area contributed by atoms with Gasteiger partial charge in [0, 0.05) is 31.1 Å². The predicted octanol–water partition coefficient (Wildman–Crippen LogP) is 1.63. The molecule has 0 spiro atoms. The first kappa shape index (κ1) is 10.6. The molecule has 0 radical (unpaired) electrons. The quantitative estimate of drug-likeness (QED) is 0.785. The van der Waals surface area contributed by atoms with Crippen LogP contribution in [0.3, 0.4) is 0 Å². The van der Waals surface area contributed by atoms with Crippen molar-refractivity contribution >= 4 is 0 Å². The van der Waals surface area contributed by atoms with Crippen molar-refractivity contribution in [3.05, 3.63) is 0 Å². The Hall–Kier alpha value is -0.590. The van der Waals surface area contributed by atoms with E-state index in [0.717, 1.165) is 18.5 Å². The van der Waals surface area contributed by atoms with Gasteiger partial charge in [0.25, 0.3) is 0 Å². The van der Waals surface area contributed by atoms with Gasteiger partial charge in [-0.15, -0.1) is 0 Å². The van der Waals surface area contributed by atoms with E-state index in [4.69, 9.17) is 11.0 Å². The first-order valence-electron chi connectivity index (χ1n) is 6.61. The number of nitriles is 1. The molecule has 0 aromatic heterocycles. The molecule has 3 heteroatoms. The summed E-state index contributed by atoms with van der Waals surface area (Å²) in [6.45, 7) is 1.17. The van der Waals surface area contributed by atoms with E-state index in [1.54, 1.807) is 0 Å². The molecule has 2 saturated heterocycles. The summed E-state index contributed by atoms with van der Waals surface area (Å²) in [7, 11) is 0. The maximum atomic E-state index is 8.87. The van der Waals surface area contributed by atoms with E-state index >= 15 is 0 Å². The fraction of sp³-hybridized carbons (Fsp3) is 0.923. The normalized spacial score (nSPS) is 40.6. The van der Waals surface area contributed by atoms with Crippen LogP contribution < -0.4 is 5.73 Å². The standard InChI is InChI=1S/C13H21N3/c14-6-5-13(3-4-13)9-16-11-1-2-12(16)8-10(15)7-11/h10-12H,1-5,7-9,15H2. The van der Waals surface area contributed by atoms with E-state index < -0.39 is 0 Å². The Bertz CT molecular complexity index is 302. The molecule has 2 N–H and O–H groups in total. The van der Waals surface area contributed by atoms with Crippen LogP contribution in [0, 0.1) is 16.7 Å². The second-order valence-corrected chi connectivity index (χ2v) is 6.12. The fourth-order valence-electron chi connectivity index (χ4n) is 3.70. The Kier molecular flexibility index (Phi) is 2.45. The number of nitrogens with zero attached hydrogens (tertiary/aromatic N) is 2. The van der Waals surface area contributed by atoms with Crippen molar-refractivity contribution in [3.63, 3.8) is 0 Å². The van der Waals surface area contributed by atoms with Gasteiger partial charge in [-0.2, -0.15) is 5.26 Å². The number of nitrogens with two attached hydrogens (primary N) is 1. The first-order chi connectivity index (χ1) is 7.72. The number of hydrogen-bond donors (Lipinski definition) is 1. The molecule has 3 nitrogen and oxygen atoms in total. The Morgan fingerprint density at radius 2 is 1.88 bits per heavy atom. The van der Waals surface area contributed by atoms with Gasteiger partial charge in [-0.3, -0.25) is 4.90 Å². The SMILES string of the molecule is N#CCC1(CN2C3CCC2CC(N)C3)CC1. The van der Waals surface area contributed by atoms with Crippen molar-refractivity contribution in [2.24, 2.45) is 11.1 Å². The summed E-state index contributed by atoms with van der Waals surface area (Å²) in [6.07, 6.45) is 8.32. The van der Waals surface area contributed by atoms with Crippen LogP contribution in [0.4, 0.5) is 0 Å². The highest BCUT2D eigenvalue weighted by molar-refractivity contribution is 5.05. The lowest BCUT2D eigenvalue weighted by molar-refractivity contribution is 0.101. The van der Waals surface area contributed by atoms with Crippen molar-refractivity contribution in [2.45, 2.75) is 63.1 Å². The fourth-order valence-corrected chi connectivity index (χ4v) is 3.70. The lowest BCUT2D eigenvalue weighted by Gasteiger charge is -2.39. The first-order valence-corrected chi connectivity index (χ1v) is 6.61. The lowest BCUT2D eigenvalue weighted by Crippen LogP contribution is -2.49. The summed E-state index contributed by atoms with van der Waals surface area (Å²) < 4.78 is 0. The summed E-state index contributed by atoms with van der Waals surface area (Å²) >= 11 is 0. The van der Waals surface area contributed by atoms with Crippen LogP contribution in [0.2, 0.25) is 0 Å². The van der Waals surface area contributed by atoms with Gasteiger partial charge in [0.05, 0.1) is 6.07 Å². The van der Waals surface area contributed by atoms with Crippen molar-refractivity contribution in [1.82, 2.24) is 4.90 Å². The zero-order valence-electron chi connectivity index (χ0n) is 9.86. The minimum Gasteiger partial charge on any atom is -0.328 e. The summed E-state index contributed by atoms with van der Waals surface area (Å²) in [5, 5.41) is 8.87. The van der Waals surface area contributed by atoms with Crippen molar-refractivity contribution in [2.75, 3.05) is 6.54 Å². The summed E-state index contributed by atoms with van der Waals surface area (Å²) in [5.74, 6) is 0. The molecule has 88 valence electrons. The average Bonchev–Trinajstić information content (AvgIpc) is 2.94. The zero-order valence-corrected chi connectivity index (χ0v) is 9.86. The van der Waals surface area contributed by atoms with Crippen LogP contribution in [0.15, 0.2) is 0 Å². The third-order valence-electron chi connectivity index (χ3n) is 4.85. The Labute approximate surface area is 97.6 Å². The topological polar surface area (TPSA) is 53.0 Å². The molecule has 2 bridgehead atoms. The maximum absolute atomic E-state index is 8.87. The molecule has 3 rings (SSSR count). The zero-order chi connectivity index (χ0) is 11.2. The van der Waals surface area contributed by atoms with E-state index in [-0.39, 0.29) is 0 Å². The number of piperidine rings is 1. The molecule has 2 unspecified atom stereocenters. The highest BCUT2D eigenvalue weighted by atomic mass is 15.2. The van der Waals surface area contributed by atoms with Gasteiger partial charge >= 0.3 is 0 Å². The van der Waals surface area contributed by atoms with Crippen molar-refractivity contribution in [1.29, 1.82) is 5.26 Å². The highest BCUT2D eigenvalue weighted by Gasteiger charge is 2.48. The molecule has 1 saturated carbocycles. The number of hydrogen-bond acceptors (Lipinski definition) is 3. The maximum Gasteiger partial charge on any atom is 0.0628 e.